The van der Waals surface area contributed by atoms with E-state index in [-0.39, 0.29) is 6.42 Å². The van der Waals surface area contributed by atoms with E-state index in [9.17, 15) is 9.59 Å². The number of carbonyl (C=O) groups is 2. The summed E-state index contributed by atoms with van der Waals surface area (Å²) in [4.78, 5) is 28.1. The first-order valence-corrected chi connectivity index (χ1v) is 10.4. The molecule has 3 rings (SSSR count). The standard InChI is InChI=1S/C22H23ClN4O5/c1-2-30-19-6-3-4-7-20(19)31-11-5-8-22(29)32-13-21(28)26-17-12-16(23)9-10-18(17)27-15-24-14-25-27/h3-4,6-7,9-10,12,14-15H,2,5,8,11,13H2,1H3,(H,26,28). The Morgan fingerprint density at radius 2 is 1.91 bits per heavy atom. The minimum atomic E-state index is -0.496. The summed E-state index contributed by atoms with van der Waals surface area (Å²) in [5, 5.41) is 7.15. The molecule has 1 heterocycles. The summed E-state index contributed by atoms with van der Waals surface area (Å²) in [6, 6.07) is 12.3. The van der Waals surface area contributed by atoms with Gasteiger partial charge in [0.05, 0.1) is 24.6 Å². The van der Waals surface area contributed by atoms with Gasteiger partial charge in [-0.25, -0.2) is 9.67 Å². The van der Waals surface area contributed by atoms with Gasteiger partial charge >= 0.3 is 5.97 Å². The molecule has 0 saturated carbocycles. The van der Waals surface area contributed by atoms with Crippen molar-refractivity contribution >= 4 is 29.2 Å². The van der Waals surface area contributed by atoms with Crippen LogP contribution in [0.15, 0.2) is 55.1 Å². The highest BCUT2D eigenvalue weighted by Gasteiger charge is 2.13. The second-order valence-electron chi connectivity index (χ2n) is 6.54. The third-order valence-corrected chi connectivity index (χ3v) is 4.43. The van der Waals surface area contributed by atoms with Crippen LogP contribution in [0.2, 0.25) is 5.02 Å². The molecule has 0 saturated heterocycles. The quantitative estimate of drug-likeness (QED) is 0.345. The van der Waals surface area contributed by atoms with Crippen molar-refractivity contribution in [2.24, 2.45) is 0 Å². The van der Waals surface area contributed by atoms with Gasteiger partial charge in [-0.15, -0.1) is 0 Å². The Balaban J connectivity index is 1.42. The number of benzene rings is 2. The van der Waals surface area contributed by atoms with Crippen molar-refractivity contribution < 1.29 is 23.8 Å². The number of nitrogens with one attached hydrogen (secondary N) is 1. The Kier molecular flexibility index (Phi) is 8.44. The average molecular weight is 459 g/mol. The minimum Gasteiger partial charge on any atom is -0.490 e. The van der Waals surface area contributed by atoms with Gasteiger partial charge in [-0.1, -0.05) is 23.7 Å². The average Bonchev–Trinajstić information content (AvgIpc) is 3.31. The predicted molar refractivity (Wildman–Crippen MR) is 118 cm³/mol. The van der Waals surface area contributed by atoms with E-state index in [1.807, 2.05) is 25.1 Å². The number of hydrogen-bond acceptors (Lipinski definition) is 7. The fraction of sp³-hybridized carbons (Fsp3) is 0.273. The van der Waals surface area contributed by atoms with Gasteiger partial charge in [0.25, 0.3) is 5.91 Å². The van der Waals surface area contributed by atoms with Crippen LogP contribution in [0.25, 0.3) is 5.69 Å². The lowest BCUT2D eigenvalue weighted by atomic mass is 10.2. The van der Waals surface area contributed by atoms with E-state index in [2.05, 4.69) is 15.4 Å². The summed E-state index contributed by atoms with van der Waals surface area (Å²) in [7, 11) is 0. The number of rotatable bonds is 11. The van der Waals surface area contributed by atoms with Gasteiger partial charge in [0.15, 0.2) is 18.1 Å². The lowest BCUT2D eigenvalue weighted by Crippen LogP contribution is -2.22. The topological polar surface area (TPSA) is 105 Å². The van der Waals surface area contributed by atoms with E-state index >= 15 is 0 Å². The van der Waals surface area contributed by atoms with Gasteiger partial charge in [0, 0.05) is 11.4 Å². The molecule has 32 heavy (non-hydrogen) atoms. The number of para-hydroxylation sites is 2. The van der Waals surface area contributed by atoms with Gasteiger partial charge < -0.3 is 19.5 Å². The number of aromatic nitrogens is 3. The van der Waals surface area contributed by atoms with Crippen LogP contribution in [0.3, 0.4) is 0 Å². The molecule has 3 aromatic rings. The van der Waals surface area contributed by atoms with Crippen LogP contribution in [-0.4, -0.2) is 46.5 Å². The van der Waals surface area contributed by atoms with Crippen LogP contribution in [-0.2, 0) is 14.3 Å². The van der Waals surface area contributed by atoms with Gasteiger partial charge in [-0.05, 0) is 43.7 Å². The van der Waals surface area contributed by atoms with Crippen molar-refractivity contribution in [2.75, 3.05) is 25.1 Å². The molecule has 10 heteroatoms. The SMILES string of the molecule is CCOc1ccccc1OCCCC(=O)OCC(=O)Nc1cc(Cl)ccc1-n1cncn1. The monoisotopic (exact) mass is 458 g/mol. The highest BCUT2D eigenvalue weighted by Crippen LogP contribution is 2.26. The smallest absolute Gasteiger partial charge is 0.306 e. The maximum absolute atomic E-state index is 12.2. The normalized spacial score (nSPS) is 10.4. The highest BCUT2D eigenvalue weighted by molar-refractivity contribution is 6.31. The Morgan fingerprint density at radius 1 is 1.12 bits per heavy atom. The molecular weight excluding hydrogens is 436 g/mol. The minimum absolute atomic E-state index is 0.117. The van der Waals surface area contributed by atoms with E-state index in [4.69, 9.17) is 25.8 Å². The molecule has 168 valence electrons. The lowest BCUT2D eigenvalue weighted by molar-refractivity contribution is -0.147. The first-order valence-electron chi connectivity index (χ1n) is 10.0. The molecular formula is C22H23ClN4O5. The fourth-order valence-electron chi connectivity index (χ4n) is 2.79. The summed E-state index contributed by atoms with van der Waals surface area (Å²) in [6.45, 7) is 2.32. The number of anilines is 1. The maximum atomic E-state index is 12.2. The summed E-state index contributed by atoms with van der Waals surface area (Å²) in [5.41, 5.74) is 1.00. The summed E-state index contributed by atoms with van der Waals surface area (Å²) < 4.78 is 17.7. The van der Waals surface area contributed by atoms with Crippen LogP contribution >= 0.6 is 11.6 Å². The molecule has 0 unspecified atom stereocenters. The van der Waals surface area contributed by atoms with Crippen molar-refractivity contribution in [1.82, 2.24) is 14.8 Å². The number of halogens is 1. The summed E-state index contributed by atoms with van der Waals surface area (Å²) in [5.74, 6) is 0.278. The fourth-order valence-corrected chi connectivity index (χ4v) is 2.96. The number of nitrogens with zero attached hydrogens (tertiary/aromatic N) is 3. The zero-order valence-corrected chi connectivity index (χ0v) is 18.2. The number of ether oxygens (including phenoxy) is 3. The van der Waals surface area contributed by atoms with Crippen LogP contribution in [0.5, 0.6) is 11.5 Å². The van der Waals surface area contributed by atoms with Crippen molar-refractivity contribution in [2.45, 2.75) is 19.8 Å². The van der Waals surface area contributed by atoms with E-state index < -0.39 is 18.5 Å². The van der Waals surface area contributed by atoms with E-state index in [0.29, 0.717) is 47.5 Å². The molecule has 1 N–H and O–H groups in total. The molecule has 0 spiro atoms. The zero-order chi connectivity index (χ0) is 22.8. The van der Waals surface area contributed by atoms with Crippen LogP contribution in [0, 0.1) is 0 Å². The molecule has 0 aliphatic heterocycles. The largest absolute Gasteiger partial charge is 0.490 e. The second kappa shape index (κ2) is 11.7. The van der Waals surface area contributed by atoms with E-state index in [0.717, 1.165) is 0 Å². The van der Waals surface area contributed by atoms with Gasteiger partial charge in [0.1, 0.15) is 12.7 Å². The first-order chi connectivity index (χ1) is 15.6. The molecule has 0 bridgehead atoms. The molecule has 2 aromatic carbocycles. The van der Waals surface area contributed by atoms with Crippen molar-refractivity contribution in [1.29, 1.82) is 0 Å². The number of hydrogen-bond donors (Lipinski definition) is 1. The van der Waals surface area contributed by atoms with Gasteiger partial charge in [-0.3, -0.25) is 9.59 Å². The highest BCUT2D eigenvalue weighted by atomic mass is 35.5. The molecule has 0 fully saturated rings. The number of carbonyl (C=O) groups excluding carboxylic acids is 2. The van der Waals surface area contributed by atoms with Crippen molar-refractivity contribution in [3.05, 3.63) is 60.1 Å². The Hall–Kier alpha value is -3.59. The number of esters is 1. The van der Waals surface area contributed by atoms with Gasteiger partial charge in [-0.2, -0.15) is 5.10 Å². The van der Waals surface area contributed by atoms with E-state index in [1.54, 1.807) is 24.3 Å². The maximum Gasteiger partial charge on any atom is 0.306 e. The Bertz CT molecular complexity index is 1040. The first kappa shape index (κ1) is 23.1. The molecule has 0 radical (unpaired) electrons. The van der Waals surface area contributed by atoms with Gasteiger partial charge in [0.2, 0.25) is 0 Å². The van der Waals surface area contributed by atoms with Crippen LogP contribution in [0.4, 0.5) is 5.69 Å². The second-order valence-corrected chi connectivity index (χ2v) is 6.98. The lowest BCUT2D eigenvalue weighted by Gasteiger charge is -2.12. The molecule has 0 atom stereocenters. The van der Waals surface area contributed by atoms with E-state index in [1.165, 1.54) is 17.3 Å². The van der Waals surface area contributed by atoms with Crippen molar-refractivity contribution in [3.63, 3.8) is 0 Å². The molecule has 1 amide bonds. The molecule has 9 nitrogen and oxygen atoms in total. The Labute approximate surface area is 190 Å². The van der Waals surface area contributed by atoms with Crippen LogP contribution < -0.4 is 14.8 Å². The third-order valence-electron chi connectivity index (χ3n) is 4.19. The summed E-state index contributed by atoms with van der Waals surface area (Å²) in [6.07, 6.45) is 3.42. The zero-order valence-electron chi connectivity index (χ0n) is 17.5. The summed E-state index contributed by atoms with van der Waals surface area (Å²) >= 11 is 6.03. The molecule has 0 aliphatic rings. The molecule has 0 aliphatic carbocycles. The predicted octanol–water partition coefficient (Wildman–Crippen LogP) is 3.66. The number of amides is 1. The van der Waals surface area contributed by atoms with Crippen molar-refractivity contribution in [3.8, 4) is 17.2 Å². The molecule has 1 aromatic heterocycles. The third kappa shape index (κ3) is 6.71. The Morgan fingerprint density at radius 3 is 2.62 bits per heavy atom. The van der Waals surface area contributed by atoms with Crippen LogP contribution in [0.1, 0.15) is 19.8 Å².